The highest BCUT2D eigenvalue weighted by Crippen LogP contribution is 2.39. The van der Waals surface area contributed by atoms with Crippen molar-refractivity contribution in [2.24, 2.45) is 0 Å². The molecule has 0 saturated heterocycles. The Morgan fingerprint density at radius 2 is 1.82 bits per heavy atom. The van der Waals surface area contributed by atoms with Crippen LogP contribution in [0.2, 0.25) is 0 Å². The van der Waals surface area contributed by atoms with Crippen molar-refractivity contribution in [2.75, 3.05) is 0 Å². The zero-order valence-electron chi connectivity index (χ0n) is 15.2. The van der Waals surface area contributed by atoms with Crippen molar-refractivity contribution in [3.63, 3.8) is 0 Å². The highest BCUT2D eigenvalue weighted by molar-refractivity contribution is 5.53. The third-order valence-electron chi connectivity index (χ3n) is 4.39. The molecular weight excluding hydrogens is 373 g/mol. The molecule has 0 amide bonds. The summed E-state index contributed by atoms with van der Waals surface area (Å²) in [6.07, 6.45) is -2.95. The zero-order chi connectivity index (χ0) is 19.9. The minimum absolute atomic E-state index is 0.123. The van der Waals surface area contributed by atoms with E-state index in [9.17, 15) is 13.2 Å². The first-order chi connectivity index (χ1) is 13.3. The number of nitrogens with zero attached hydrogens (tertiary/aromatic N) is 4. The van der Waals surface area contributed by atoms with Crippen molar-refractivity contribution < 1.29 is 22.4 Å². The van der Waals surface area contributed by atoms with E-state index in [4.69, 9.17) is 9.26 Å². The van der Waals surface area contributed by atoms with Crippen molar-refractivity contribution in [2.45, 2.75) is 44.9 Å². The first-order valence-electron chi connectivity index (χ1n) is 8.83. The molecule has 2 heterocycles. The lowest BCUT2D eigenvalue weighted by atomic mass is 10.1. The Kier molecular flexibility index (Phi) is 4.52. The van der Waals surface area contributed by atoms with E-state index in [0.29, 0.717) is 11.8 Å². The summed E-state index contributed by atoms with van der Waals surface area (Å²) in [6.45, 7) is 3.20. The van der Waals surface area contributed by atoms with Crippen LogP contribution in [0.25, 0.3) is 11.5 Å². The summed E-state index contributed by atoms with van der Waals surface area (Å²) >= 11 is 0. The number of aromatic nitrogens is 4. The molecule has 1 unspecified atom stereocenters. The van der Waals surface area contributed by atoms with Gasteiger partial charge in [0.25, 0.3) is 5.89 Å². The smallest absolute Gasteiger partial charge is 0.451 e. The molecule has 3 aromatic rings. The van der Waals surface area contributed by atoms with Gasteiger partial charge in [-0.15, -0.1) is 0 Å². The maximum atomic E-state index is 12.9. The molecule has 0 aliphatic heterocycles. The fraction of sp³-hybridized carbons (Fsp3) is 0.368. The number of hydrogen-bond donors (Lipinski definition) is 0. The van der Waals surface area contributed by atoms with E-state index >= 15 is 0 Å². The van der Waals surface area contributed by atoms with Gasteiger partial charge in [0.05, 0.1) is 0 Å². The van der Waals surface area contributed by atoms with Gasteiger partial charge in [0.2, 0.25) is 11.7 Å². The number of hydrogen-bond acceptors (Lipinski definition) is 6. The fourth-order valence-corrected chi connectivity index (χ4v) is 2.73. The number of alkyl halides is 3. The van der Waals surface area contributed by atoms with Crippen LogP contribution in [0.5, 0.6) is 5.88 Å². The van der Waals surface area contributed by atoms with Crippen LogP contribution in [0.1, 0.15) is 54.7 Å². The van der Waals surface area contributed by atoms with E-state index in [1.807, 2.05) is 12.1 Å². The SMILES string of the molecule is Cc1cc(OC(C)c2ccc(-c3nc(C4CC4)no3)cc2)nc(C(F)(F)F)n1. The third kappa shape index (κ3) is 3.97. The molecule has 0 N–H and O–H groups in total. The molecule has 1 atom stereocenters. The van der Waals surface area contributed by atoms with Crippen molar-refractivity contribution in [3.05, 3.63) is 53.2 Å². The predicted octanol–water partition coefficient (Wildman–Crippen LogP) is 4.87. The van der Waals surface area contributed by atoms with E-state index in [2.05, 4.69) is 20.1 Å². The monoisotopic (exact) mass is 390 g/mol. The lowest BCUT2D eigenvalue weighted by molar-refractivity contribution is -0.145. The predicted molar refractivity (Wildman–Crippen MR) is 92.5 cm³/mol. The summed E-state index contributed by atoms with van der Waals surface area (Å²) in [7, 11) is 0. The van der Waals surface area contributed by atoms with E-state index < -0.39 is 18.1 Å². The second-order valence-electron chi connectivity index (χ2n) is 6.78. The summed E-state index contributed by atoms with van der Waals surface area (Å²) in [5.74, 6) is 0.247. The molecule has 2 aromatic heterocycles. The van der Waals surface area contributed by atoms with Gasteiger partial charge < -0.3 is 9.26 Å². The van der Waals surface area contributed by atoms with E-state index in [0.717, 1.165) is 29.8 Å². The van der Waals surface area contributed by atoms with Crippen LogP contribution in [-0.2, 0) is 6.18 Å². The molecule has 0 radical (unpaired) electrons. The molecule has 0 bridgehead atoms. The Morgan fingerprint density at radius 3 is 2.46 bits per heavy atom. The molecule has 28 heavy (non-hydrogen) atoms. The largest absolute Gasteiger partial charge is 0.470 e. The van der Waals surface area contributed by atoms with Crippen LogP contribution in [-0.4, -0.2) is 20.1 Å². The summed E-state index contributed by atoms with van der Waals surface area (Å²) in [5, 5.41) is 3.99. The van der Waals surface area contributed by atoms with Gasteiger partial charge in [-0.2, -0.15) is 23.1 Å². The summed E-state index contributed by atoms with van der Waals surface area (Å²) in [4.78, 5) is 11.3. The van der Waals surface area contributed by atoms with Crippen LogP contribution in [0.4, 0.5) is 13.2 Å². The van der Waals surface area contributed by atoms with Crippen LogP contribution >= 0.6 is 0 Å². The molecular formula is C19H17F3N4O2. The van der Waals surface area contributed by atoms with Crippen LogP contribution in [0.3, 0.4) is 0 Å². The van der Waals surface area contributed by atoms with Gasteiger partial charge in [-0.3, -0.25) is 0 Å². The quantitative estimate of drug-likeness (QED) is 0.619. The first kappa shape index (κ1) is 18.4. The molecule has 1 aliphatic carbocycles. The molecule has 1 fully saturated rings. The lowest BCUT2D eigenvalue weighted by Gasteiger charge is -2.16. The zero-order valence-corrected chi connectivity index (χ0v) is 15.2. The van der Waals surface area contributed by atoms with Gasteiger partial charge in [0.15, 0.2) is 5.82 Å². The van der Waals surface area contributed by atoms with Gasteiger partial charge in [0.1, 0.15) is 6.10 Å². The average Bonchev–Trinajstić information content (AvgIpc) is 3.37. The minimum atomic E-state index is -4.63. The number of ether oxygens (including phenoxy) is 1. The van der Waals surface area contributed by atoms with E-state index in [1.54, 1.807) is 19.1 Å². The Balaban J connectivity index is 1.49. The van der Waals surface area contributed by atoms with E-state index in [1.165, 1.54) is 13.0 Å². The summed E-state index contributed by atoms with van der Waals surface area (Å²) in [6, 6.07) is 8.61. The van der Waals surface area contributed by atoms with E-state index in [-0.39, 0.29) is 11.6 Å². The Hall–Kier alpha value is -2.97. The Labute approximate surface area is 158 Å². The van der Waals surface area contributed by atoms with Gasteiger partial charge in [-0.25, -0.2) is 4.98 Å². The van der Waals surface area contributed by atoms with Crippen molar-refractivity contribution >= 4 is 0 Å². The van der Waals surface area contributed by atoms with Gasteiger partial charge in [-0.05, 0) is 44.4 Å². The number of benzene rings is 1. The number of rotatable bonds is 5. The third-order valence-corrected chi connectivity index (χ3v) is 4.39. The molecule has 1 saturated carbocycles. The highest BCUT2D eigenvalue weighted by atomic mass is 19.4. The van der Waals surface area contributed by atoms with Crippen LogP contribution < -0.4 is 4.74 Å². The summed E-state index contributed by atoms with van der Waals surface area (Å²) in [5.41, 5.74) is 1.73. The fourth-order valence-electron chi connectivity index (χ4n) is 2.73. The molecule has 1 aliphatic rings. The van der Waals surface area contributed by atoms with Crippen LogP contribution in [0.15, 0.2) is 34.9 Å². The van der Waals surface area contributed by atoms with Gasteiger partial charge in [-0.1, -0.05) is 17.3 Å². The van der Waals surface area contributed by atoms with Gasteiger partial charge >= 0.3 is 6.18 Å². The second kappa shape index (κ2) is 6.88. The minimum Gasteiger partial charge on any atom is -0.470 e. The molecule has 0 spiro atoms. The standard InChI is InChI=1S/C19H17F3N4O2/c1-10-9-15(24-18(23-10)19(20,21)22)27-11(2)12-3-7-14(8-4-12)17-25-16(26-28-17)13-5-6-13/h3-4,7-9,11,13H,5-6H2,1-2H3. The molecule has 4 rings (SSSR count). The topological polar surface area (TPSA) is 73.9 Å². The van der Waals surface area contributed by atoms with Crippen molar-refractivity contribution in [1.29, 1.82) is 0 Å². The maximum absolute atomic E-state index is 12.9. The lowest BCUT2D eigenvalue weighted by Crippen LogP contribution is -2.14. The van der Waals surface area contributed by atoms with Crippen LogP contribution in [0, 0.1) is 6.92 Å². The first-order valence-corrected chi connectivity index (χ1v) is 8.83. The maximum Gasteiger partial charge on any atom is 0.451 e. The molecule has 9 heteroatoms. The molecule has 6 nitrogen and oxygen atoms in total. The highest BCUT2D eigenvalue weighted by Gasteiger charge is 2.35. The Morgan fingerprint density at radius 1 is 1.11 bits per heavy atom. The molecule has 1 aromatic carbocycles. The summed E-state index contributed by atoms with van der Waals surface area (Å²) < 4.78 is 49.5. The van der Waals surface area contributed by atoms with Crippen molar-refractivity contribution in [3.8, 4) is 17.3 Å². The second-order valence-corrected chi connectivity index (χ2v) is 6.78. The molecule has 146 valence electrons. The van der Waals surface area contributed by atoms with Crippen molar-refractivity contribution in [1.82, 2.24) is 20.1 Å². The normalized spacial score (nSPS) is 15.5. The van der Waals surface area contributed by atoms with Gasteiger partial charge in [0, 0.05) is 23.2 Å². The number of aryl methyl sites for hydroxylation is 1. The Bertz CT molecular complexity index is 982. The number of halogens is 3. The average molecular weight is 390 g/mol.